The highest BCUT2D eigenvalue weighted by Crippen LogP contribution is 2.42. The lowest BCUT2D eigenvalue weighted by Gasteiger charge is -2.37. The molecule has 0 fully saturated rings. The van der Waals surface area contributed by atoms with Crippen molar-refractivity contribution >= 4 is 5.69 Å². The minimum absolute atomic E-state index is 0.0871. The molecule has 110 valence electrons. The average Bonchev–Trinajstić information content (AvgIpc) is 2.51. The van der Waals surface area contributed by atoms with Crippen LogP contribution in [0.4, 0.5) is 5.69 Å². The molecule has 0 bridgehead atoms. The van der Waals surface area contributed by atoms with Gasteiger partial charge in [0, 0.05) is 5.69 Å². The van der Waals surface area contributed by atoms with Gasteiger partial charge in [0.25, 0.3) is 0 Å². The fraction of sp³-hybridized carbons (Fsp3) is 0.368. The molecule has 1 unspecified atom stereocenters. The van der Waals surface area contributed by atoms with E-state index in [0.29, 0.717) is 6.04 Å². The molecule has 1 aliphatic carbocycles. The van der Waals surface area contributed by atoms with Gasteiger partial charge in [-0.1, -0.05) is 50.2 Å². The molecule has 2 N–H and O–H groups in total. The quantitative estimate of drug-likeness (QED) is 0.873. The van der Waals surface area contributed by atoms with Gasteiger partial charge in [0.1, 0.15) is 0 Å². The fourth-order valence-electron chi connectivity index (χ4n) is 3.32. The molecule has 0 heterocycles. The van der Waals surface area contributed by atoms with Gasteiger partial charge in [-0.05, 0) is 47.1 Å². The van der Waals surface area contributed by atoms with E-state index in [2.05, 4.69) is 49.5 Å². The van der Waals surface area contributed by atoms with Crippen molar-refractivity contribution in [1.29, 1.82) is 0 Å². The number of hydrogen-bond acceptors (Lipinski definition) is 2. The van der Waals surface area contributed by atoms with Gasteiger partial charge in [0.2, 0.25) is 0 Å². The number of anilines is 1. The van der Waals surface area contributed by atoms with Crippen LogP contribution in [-0.4, -0.2) is 5.11 Å². The average molecular weight is 281 g/mol. The molecule has 2 heteroatoms. The molecule has 0 aromatic heterocycles. The predicted molar refractivity (Wildman–Crippen MR) is 87.4 cm³/mol. The van der Waals surface area contributed by atoms with Crippen LogP contribution in [0.25, 0.3) is 0 Å². The Kier molecular flexibility index (Phi) is 3.73. The first kappa shape index (κ1) is 14.2. The first-order chi connectivity index (χ1) is 10.1. The molecule has 3 rings (SSSR count). The van der Waals surface area contributed by atoms with Crippen LogP contribution in [0, 0.1) is 0 Å². The van der Waals surface area contributed by atoms with E-state index in [9.17, 15) is 5.11 Å². The van der Waals surface area contributed by atoms with Crippen LogP contribution >= 0.6 is 0 Å². The number of rotatable bonds is 3. The van der Waals surface area contributed by atoms with Crippen LogP contribution in [0.3, 0.4) is 0 Å². The standard InChI is InChI=1S/C19H23NO/c1-19(2)11-10-18(16-8-3-4-9-17(16)19)20-15-7-5-6-14(12-15)13-21/h3-9,12,18,20-21H,10-11,13H2,1-2H3. The van der Waals surface area contributed by atoms with Crippen molar-refractivity contribution in [2.45, 2.75) is 44.8 Å². The minimum atomic E-state index is 0.0871. The molecule has 0 saturated carbocycles. The largest absolute Gasteiger partial charge is 0.392 e. The topological polar surface area (TPSA) is 32.3 Å². The maximum Gasteiger partial charge on any atom is 0.0682 e. The predicted octanol–water partition coefficient (Wildman–Crippen LogP) is 4.40. The lowest BCUT2D eigenvalue weighted by molar-refractivity contribution is 0.282. The number of nitrogens with one attached hydrogen (secondary N) is 1. The van der Waals surface area contributed by atoms with E-state index in [4.69, 9.17) is 0 Å². The van der Waals surface area contributed by atoms with Crippen LogP contribution in [0.15, 0.2) is 48.5 Å². The summed E-state index contributed by atoms with van der Waals surface area (Å²) in [4.78, 5) is 0. The Morgan fingerprint density at radius 2 is 1.95 bits per heavy atom. The highest BCUT2D eigenvalue weighted by Gasteiger charge is 2.32. The van der Waals surface area contributed by atoms with Crippen molar-refractivity contribution in [2.75, 3.05) is 5.32 Å². The molecule has 0 saturated heterocycles. The minimum Gasteiger partial charge on any atom is -0.392 e. The van der Waals surface area contributed by atoms with Gasteiger partial charge in [-0.2, -0.15) is 0 Å². The second-order valence-corrected chi connectivity index (χ2v) is 6.57. The number of fused-ring (bicyclic) bond motifs is 1. The highest BCUT2D eigenvalue weighted by molar-refractivity contribution is 5.50. The normalized spacial score (nSPS) is 19.9. The van der Waals surface area contributed by atoms with Gasteiger partial charge in [-0.15, -0.1) is 0 Å². The number of hydrogen-bond donors (Lipinski definition) is 2. The van der Waals surface area contributed by atoms with Gasteiger partial charge in [-0.25, -0.2) is 0 Å². The van der Waals surface area contributed by atoms with Crippen LogP contribution in [-0.2, 0) is 12.0 Å². The fourth-order valence-corrected chi connectivity index (χ4v) is 3.32. The van der Waals surface area contributed by atoms with Crippen LogP contribution in [0.5, 0.6) is 0 Å². The second kappa shape index (κ2) is 5.53. The summed E-state index contributed by atoms with van der Waals surface area (Å²) in [5.74, 6) is 0. The summed E-state index contributed by atoms with van der Waals surface area (Å²) in [7, 11) is 0. The molecule has 2 aromatic carbocycles. The third-order valence-corrected chi connectivity index (χ3v) is 4.57. The smallest absolute Gasteiger partial charge is 0.0682 e. The summed E-state index contributed by atoms with van der Waals surface area (Å²) >= 11 is 0. The van der Waals surface area contributed by atoms with Crippen LogP contribution < -0.4 is 5.32 Å². The summed E-state index contributed by atoms with van der Waals surface area (Å²) < 4.78 is 0. The Labute approximate surface area is 126 Å². The van der Waals surface area contributed by atoms with Crippen molar-refractivity contribution in [3.05, 3.63) is 65.2 Å². The van der Waals surface area contributed by atoms with Gasteiger partial charge >= 0.3 is 0 Å². The van der Waals surface area contributed by atoms with E-state index in [1.165, 1.54) is 17.5 Å². The van der Waals surface area contributed by atoms with E-state index in [0.717, 1.165) is 17.7 Å². The molecule has 1 atom stereocenters. The summed E-state index contributed by atoms with van der Waals surface area (Å²) in [5, 5.41) is 12.9. The zero-order valence-corrected chi connectivity index (χ0v) is 12.8. The maximum absolute atomic E-state index is 9.27. The molecule has 0 spiro atoms. The van der Waals surface area contributed by atoms with Crippen molar-refractivity contribution in [1.82, 2.24) is 0 Å². The van der Waals surface area contributed by atoms with Gasteiger partial charge < -0.3 is 10.4 Å². The van der Waals surface area contributed by atoms with Gasteiger partial charge in [-0.3, -0.25) is 0 Å². The number of aliphatic hydroxyl groups excluding tert-OH is 1. The third-order valence-electron chi connectivity index (χ3n) is 4.57. The van der Waals surface area contributed by atoms with E-state index in [-0.39, 0.29) is 12.0 Å². The number of aliphatic hydroxyl groups is 1. The van der Waals surface area contributed by atoms with E-state index >= 15 is 0 Å². The zero-order chi connectivity index (χ0) is 14.9. The first-order valence-corrected chi connectivity index (χ1v) is 7.66. The summed E-state index contributed by atoms with van der Waals surface area (Å²) in [6.07, 6.45) is 2.31. The summed E-state index contributed by atoms with van der Waals surface area (Å²) in [6, 6.07) is 17.1. The van der Waals surface area contributed by atoms with Gasteiger partial charge in [0.05, 0.1) is 12.6 Å². The third kappa shape index (κ3) is 2.81. The molecule has 0 amide bonds. The Morgan fingerprint density at radius 3 is 2.76 bits per heavy atom. The monoisotopic (exact) mass is 281 g/mol. The van der Waals surface area contributed by atoms with Gasteiger partial charge in [0.15, 0.2) is 0 Å². The van der Waals surface area contributed by atoms with E-state index in [1.807, 2.05) is 18.2 Å². The van der Waals surface area contributed by atoms with Crippen molar-refractivity contribution in [2.24, 2.45) is 0 Å². The maximum atomic E-state index is 9.27. The molecule has 2 nitrogen and oxygen atoms in total. The molecule has 2 aromatic rings. The van der Waals surface area contributed by atoms with Crippen molar-refractivity contribution in [3.63, 3.8) is 0 Å². The lowest BCUT2D eigenvalue weighted by atomic mass is 9.71. The first-order valence-electron chi connectivity index (χ1n) is 7.66. The zero-order valence-electron chi connectivity index (χ0n) is 12.8. The SMILES string of the molecule is CC1(C)CCC(Nc2cccc(CO)c2)c2ccccc21. The molecule has 21 heavy (non-hydrogen) atoms. The van der Waals surface area contributed by atoms with Crippen LogP contribution in [0.2, 0.25) is 0 Å². The molecular weight excluding hydrogens is 258 g/mol. The molecule has 0 aliphatic heterocycles. The van der Waals surface area contributed by atoms with Crippen LogP contribution in [0.1, 0.15) is 49.4 Å². The lowest BCUT2D eigenvalue weighted by Crippen LogP contribution is -2.29. The Morgan fingerprint density at radius 1 is 1.14 bits per heavy atom. The summed E-state index contributed by atoms with van der Waals surface area (Å²) in [6.45, 7) is 4.74. The Hall–Kier alpha value is -1.80. The summed E-state index contributed by atoms with van der Waals surface area (Å²) in [5.41, 5.74) is 5.14. The number of benzene rings is 2. The van der Waals surface area contributed by atoms with Crippen molar-refractivity contribution < 1.29 is 5.11 Å². The van der Waals surface area contributed by atoms with E-state index < -0.39 is 0 Å². The highest BCUT2D eigenvalue weighted by atomic mass is 16.3. The molecular formula is C19H23NO. The second-order valence-electron chi connectivity index (χ2n) is 6.57. The van der Waals surface area contributed by atoms with E-state index in [1.54, 1.807) is 0 Å². The Balaban J connectivity index is 1.90. The van der Waals surface area contributed by atoms with Crippen molar-refractivity contribution in [3.8, 4) is 0 Å². The molecule has 0 radical (unpaired) electrons. The molecule has 1 aliphatic rings. The Bertz CT molecular complexity index is 633.